The lowest BCUT2D eigenvalue weighted by atomic mass is 10.1. The molecule has 2 N–H and O–H groups in total. The number of nitrogens with zero attached hydrogens (tertiary/aromatic N) is 4. The summed E-state index contributed by atoms with van der Waals surface area (Å²) in [6.07, 6.45) is 3.20. The van der Waals surface area contributed by atoms with E-state index in [4.69, 9.17) is 4.74 Å². The molecule has 5 rings (SSSR count). The van der Waals surface area contributed by atoms with E-state index in [1.165, 1.54) is 12.1 Å². The standard InChI is InChI=1S/C19H17FN6O2/c1-26-15-4-11(20)2-3-12(15)16(25-26)14-7-22-18-17(24-14)13(6-21-18)19(27)23-5-10-8-28-9-10/h2-4,6-7,10H,5,8-9H2,1H3,(H,21,22)(H,23,27). The summed E-state index contributed by atoms with van der Waals surface area (Å²) in [6, 6.07) is 4.49. The summed E-state index contributed by atoms with van der Waals surface area (Å²) in [7, 11) is 1.75. The molecule has 0 saturated carbocycles. The number of carbonyl (C=O) groups is 1. The molecule has 0 spiro atoms. The third kappa shape index (κ3) is 2.71. The van der Waals surface area contributed by atoms with Crippen molar-refractivity contribution in [1.29, 1.82) is 0 Å². The number of fused-ring (bicyclic) bond motifs is 2. The van der Waals surface area contributed by atoms with Crippen molar-refractivity contribution in [2.75, 3.05) is 19.8 Å². The van der Waals surface area contributed by atoms with Crippen molar-refractivity contribution >= 4 is 28.0 Å². The van der Waals surface area contributed by atoms with E-state index in [1.54, 1.807) is 30.2 Å². The van der Waals surface area contributed by atoms with E-state index < -0.39 is 0 Å². The van der Waals surface area contributed by atoms with Gasteiger partial charge < -0.3 is 15.0 Å². The first-order valence-corrected chi connectivity index (χ1v) is 8.93. The highest BCUT2D eigenvalue weighted by Crippen LogP contribution is 2.28. The average molecular weight is 380 g/mol. The summed E-state index contributed by atoms with van der Waals surface area (Å²) in [6.45, 7) is 1.91. The van der Waals surface area contributed by atoms with Crippen molar-refractivity contribution in [2.24, 2.45) is 13.0 Å². The summed E-state index contributed by atoms with van der Waals surface area (Å²) in [5, 5.41) is 8.15. The van der Waals surface area contributed by atoms with E-state index in [0.29, 0.717) is 59.3 Å². The lowest BCUT2D eigenvalue weighted by Crippen LogP contribution is -2.39. The van der Waals surface area contributed by atoms with Crippen LogP contribution in [0.2, 0.25) is 0 Å². The number of aromatic nitrogens is 5. The van der Waals surface area contributed by atoms with Crippen molar-refractivity contribution in [1.82, 2.24) is 30.0 Å². The van der Waals surface area contributed by atoms with Gasteiger partial charge in [-0.15, -0.1) is 0 Å². The number of nitrogens with one attached hydrogen (secondary N) is 2. The van der Waals surface area contributed by atoms with Gasteiger partial charge in [-0.1, -0.05) is 0 Å². The lowest BCUT2D eigenvalue weighted by Gasteiger charge is -2.25. The van der Waals surface area contributed by atoms with Crippen LogP contribution in [-0.2, 0) is 11.8 Å². The van der Waals surface area contributed by atoms with Crippen LogP contribution in [0.1, 0.15) is 10.4 Å². The Hall–Kier alpha value is -3.33. The van der Waals surface area contributed by atoms with E-state index in [1.807, 2.05) is 0 Å². The predicted molar refractivity (Wildman–Crippen MR) is 100 cm³/mol. The topological polar surface area (TPSA) is 97.7 Å². The molecule has 1 aliphatic heterocycles. The summed E-state index contributed by atoms with van der Waals surface area (Å²) in [4.78, 5) is 24.5. The van der Waals surface area contributed by atoms with E-state index in [0.717, 1.165) is 5.39 Å². The number of rotatable bonds is 4. The van der Waals surface area contributed by atoms with E-state index in [-0.39, 0.29) is 11.7 Å². The molecule has 142 valence electrons. The quantitative estimate of drug-likeness (QED) is 0.565. The Bertz CT molecular complexity index is 1210. The minimum absolute atomic E-state index is 0.211. The van der Waals surface area contributed by atoms with E-state index in [2.05, 4.69) is 25.4 Å². The first-order valence-electron chi connectivity index (χ1n) is 8.93. The second-order valence-electron chi connectivity index (χ2n) is 6.90. The zero-order chi connectivity index (χ0) is 19.3. The number of aromatic amines is 1. The molecule has 9 heteroatoms. The SMILES string of the molecule is Cn1nc(-c2cnc3[nH]cc(C(=O)NCC4COC4)c3n2)c2ccc(F)cc21. The van der Waals surface area contributed by atoms with Crippen LogP contribution >= 0.6 is 0 Å². The van der Waals surface area contributed by atoms with Crippen LogP contribution in [0.3, 0.4) is 0 Å². The largest absolute Gasteiger partial charge is 0.381 e. The van der Waals surface area contributed by atoms with Gasteiger partial charge in [0.1, 0.15) is 22.7 Å². The summed E-state index contributed by atoms with van der Waals surface area (Å²) >= 11 is 0. The molecule has 8 nitrogen and oxygen atoms in total. The Kier molecular flexibility index (Phi) is 3.83. The molecule has 0 aliphatic carbocycles. The molecule has 28 heavy (non-hydrogen) atoms. The van der Waals surface area contributed by atoms with Crippen LogP contribution < -0.4 is 5.32 Å². The van der Waals surface area contributed by atoms with Crippen LogP contribution in [0, 0.1) is 11.7 Å². The van der Waals surface area contributed by atoms with E-state index >= 15 is 0 Å². The van der Waals surface area contributed by atoms with Gasteiger partial charge in [-0.2, -0.15) is 5.10 Å². The zero-order valence-electron chi connectivity index (χ0n) is 15.1. The summed E-state index contributed by atoms with van der Waals surface area (Å²) in [5.41, 5.74) is 3.19. The fraction of sp³-hybridized carbons (Fsp3) is 0.263. The third-order valence-corrected chi connectivity index (χ3v) is 4.94. The fourth-order valence-corrected chi connectivity index (χ4v) is 3.33. The molecular formula is C19H17FN6O2. The summed E-state index contributed by atoms with van der Waals surface area (Å²) in [5.74, 6) is -0.182. The number of carbonyl (C=O) groups excluding carboxylic acids is 1. The maximum Gasteiger partial charge on any atom is 0.255 e. The Labute approximate surface area is 158 Å². The second kappa shape index (κ2) is 6.38. The van der Waals surface area contributed by atoms with Crippen LogP contribution in [0.15, 0.2) is 30.6 Å². The molecule has 1 aliphatic rings. The maximum absolute atomic E-state index is 13.6. The van der Waals surface area contributed by atoms with Crippen molar-refractivity contribution < 1.29 is 13.9 Å². The minimum atomic E-state index is -0.329. The highest BCUT2D eigenvalue weighted by atomic mass is 19.1. The van der Waals surface area contributed by atoms with Crippen molar-refractivity contribution in [2.45, 2.75) is 0 Å². The average Bonchev–Trinajstić information content (AvgIpc) is 3.21. The minimum Gasteiger partial charge on any atom is -0.381 e. The number of aryl methyl sites for hydroxylation is 1. The van der Waals surface area contributed by atoms with Gasteiger partial charge in [0.2, 0.25) is 0 Å². The maximum atomic E-state index is 13.6. The van der Waals surface area contributed by atoms with E-state index in [9.17, 15) is 9.18 Å². The van der Waals surface area contributed by atoms with Crippen LogP contribution in [0.5, 0.6) is 0 Å². The normalized spacial score (nSPS) is 14.5. The third-order valence-electron chi connectivity index (χ3n) is 4.94. The van der Waals surface area contributed by atoms with Crippen LogP contribution in [0.25, 0.3) is 33.5 Å². The fourth-order valence-electron chi connectivity index (χ4n) is 3.33. The number of halogens is 1. The molecule has 0 atom stereocenters. The molecule has 0 bridgehead atoms. The highest BCUT2D eigenvalue weighted by Gasteiger charge is 2.21. The molecule has 3 aromatic heterocycles. The number of hydrogen-bond acceptors (Lipinski definition) is 5. The monoisotopic (exact) mass is 380 g/mol. The molecule has 4 heterocycles. The zero-order valence-corrected chi connectivity index (χ0v) is 15.1. The van der Waals surface area contributed by atoms with Gasteiger partial charge >= 0.3 is 0 Å². The van der Waals surface area contributed by atoms with Crippen LogP contribution in [-0.4, -0.2) is 50.4 Å². The first kappa shape index (κ1) is 16.8. The Balaban J connectivity index is 1.54. The predicted octanol–water partition coefficient (Wildman–Crippen LogP) is 2.03. The number of hydrogen-bond donors (Lipinski definition) is 2. The number of amides is 1. The molecule has 1 fully saturated rings. The van der Waals surface area contributed by atoms with Gasteiger partial charge in [-0.3, -0.25) is 9.48 Å². The van der Waals surface area contributed by atoms with Crippen LogP contribution in [0.4, 0.5) is 4.39 Å². The molecule has 0 unspecified atom stereocenters. The van der Waals surface area contributed by atoms with Gasteiger partial charge in [0.05, 0.1) is 30.5 Å². The molecule has 1 aromatic carbocycles. The van der Waals surface area contributed by atoms with Crippen molar-refractivity contribution in [3.05, 3.63) is 42.0 Å². The van der Waals surface area contributed by atoms with Gasteiger partial charge in [-0.05, 0) is 18.2 Å². The lowest BCUT2D eigenvalue weighted by molar-refractivity contribution is -0.0298. The van der Waals surface area contributed by atoms with Gasteiger partial charge in [0.15, 0.2) is 5.65 Å². The Morgan fingerprint density at radius 1 is 1.43 bits per heavy atom. The Morgan fingerprint density at radius 2 is 2.29 bits per heavy atom. The van der Waals surface area contributed by atoms with Crippen molar-refractivity contribution in [3.8, 4) is 11.4 Å². The second-order valence-corrected chi connectivity index (χ2v) is 6.90. The summed E-state index contributed by atoms with van der Waals surface area (Å²) < 4.78 is 20.3. The number of benzene rings is 1. The number of H-pyrrole nitrogens is 1. The molecule has 4 aromatic rings. The Morgan fingerprint density at radius 3 is 3.07 bits per heavy atom. The molecule has 1 amide bonds. The molecular weight excluding hydrogens is 363 g/mol. The molecule has 1 saturated heterocycles. The van der Waals surface area contributed by atoms with Gasteiger partial charge in [0, 0.05) is 31.1 Å². The molecule has 0 radical (unpaired) electrons. The van der Waals surface area contributed by atoms with Crippen molar-refractivity contribution in [3.63, 3.8) is 0 Å². The van der Waals surface area contributed by atoms with Gasteiger partial charge in [-0.25, -0.2) is 14.4 Å². The first-order chi connectivity index (χ1) is 13.6. The smallest absolute Gasteiger partial charge is 0.255 e. The number of ether oxygens (including phenoxy) is 1. The highest BCUT2D eigenvalue weighted by molar-refractivity contribution is 6.05. The van der Waals surface area contributed by atoms with Gasteiger partial charge in [0.25, 0.3) is 5.91 Å².